The molecule has 4 nitrogen and oxygen atoms in total. The van der Waals surface area contributed by atoms with E-state index in [0.29, 0.717) is 5.69 Å². The average molecular weight is 242 g/mol. The molecule has 0 spiro atoms. The second kappa shape index (κ2) is 5.31. The maximum Gasteiger partial charge on any atom is 0.409 e. The first kappa shape index (κ1) is 12.1. The van der Waals surface area contributed by atoms with Crippen LogP contribution in [0.25, 0.3) is 0 Å². The number of anilines is 1. The summed E-state index contributed by atoms with van der Waals surface area (Å²) in [5, 5.41) is 10.9. The Balaban J connectivity index is 2.06. The van der Waals surface area contributed by atoms with Crippen LogP contribution in [0.1, 0.15) is 16.8 Å². The lowest BCUT2D eigenvalue weighted by Gasteiger charge is -2.04. The van der Waals surface area contributed by atoms with Gasteiger partial charge in [0.1, 0.15) is 0 Å². The highest BCUT2D eigenvalue weighted by molar-refractivity contribution is 5.82. The van der Waals surface area contributed by atoms with Gasteiger partial charge in [-0.05, 0) is 42.7 Å². The number of hydrogen-bond donors (Lipinski definition) is 2. The Morgan fingerprint density at radius 1 is 1.17 bits per heavy atom. The van der Waals surface area contributed by atoms with Crippen LogP contribution in [0.5, 0.6) is 0 Å². The summed E-state index contributed by atoms with van der Waals surface area (Å²) >= 11 is 0. The van der Waals surface area contributed by atoms with Crippen LogP contribution in [0.4, 0.5) is 10.5 Å². The number of benzene rings is 1. The average Bonchev–Trinajstić information content (AvgIpc) is 2.34. The zero-order chi connectivity index (χ0) is 13.0. The van der Waals surface area contributed by atoms with Crippen LogP contribution in [-0.4, -0.2) is 16.2 Å². The van der Waals surface area contributed by atoms with E-state index in [4.69, 9.17) is 5.11 Å². The van der Waals surface area contributed by atoms with Gasteiger partial charge in [0, 0.05) is 17.6 Å². The highest BCUT2D eigenvalue weighted by atomic mass is 16.4. The number of pyridine rings is 1. The molecule has 1 heterocycles. The van der Waals surface area contributed by atoms with Crippen molar-refractivity contribution in [2.24, 2.45) is 0 Å². The molecule has 1 aromatic heterocycles. The van der Waals surface area contributed by atoms with Gasteiger partial charge in [0.2, 0.25) is 0 Å². The maximum absolute atomic E-state index is 10.5. The molecule has 92 valence electrons. The van der Waals surface area contributed by atoms with Crippen LogP contribution in [-0.2, 0) is 6.42 Å². The Morgan fingerprint density at radius 2 is 1.83 bits per heavy atom. The fourth-order valence-corrected chi connectivity index (χ4v) is 1.67. The van der Waals surface area contributed by atoms with Gasteiger partial charge in [-0.1, -0.05) is 18.2 Å². The minimum Gasteiger partial charge on any atom is -0.465 e. The summed E-state index contributed by atoms with van der Waals surface area (Å²) in [6.45, 7) is 1.95. The van der Waals surface area contributed by atoms with Crippen molar-refractivity contribution in [2.45, 2.75) is 13.3 Å². The normalized spacial score (nSPS) is 10.1. The van der Waals surface area contributed by atoms with E-state index in [9.17, 15) is 4.79 Å². The molecule has 0 bridgehead atoms. The van der Waals surface area contributed by atoms with E-state index in [-0.39, 0.29) is 0 Å². The molecule has 0 radical (unpaired) electrons. The number of carbonyl (C=O) groups is 1. The third-order valence-electron chi connectivity index (χ3n) is 2.59. The van der Waals surface area contributed by atoms with Crippen LogP contribution >= 0.6 is 0 Å². The van der Waals surface area contributed by atoms with Gasteiger partial charge in [0.15, 0.2) is 0 Å². The summed E-state index contributed by atoms with van der Waals surface area (Å²) in [5.41, 5.74) is 3.84. The number of aromatic nitrogens is 1. The van der Waals surface area contributed by atoms with E-state index in [1.807, 2.05) is 37.4 Å². The molecule has 2 rings (SSSR count). The number of amides is 1. The lowest BCUT2D eigenvalue weighted by Crippen LogP contribution is -2.06. The zero-order valence-corrected chi connectivity index (χ0v) is 10.1. The van der Waals surface area contributed by atoms with Crippen molar-refractivity contribution in [3.63, 3.8) is 0 Å². The van der Waals surface area contributed by atoms with E-state index in [1.165, 1.54) is 0 Å². The Morgan fingerprint density at radius 3 is 2.39 bits per heavy atom. The maximum atomic E-state index is 10.5. The Kier molecular flexibility index (Phi) is 3.57. The van der Waals surface area contributed by atoms with Gasteiger partial charge in [-0.3, -0.25) is 10.3 Å². The molecular formula is C14H14N2O2. The first-order valence-corrected chi connectivity index (χ1v) is 5.64. The number of aryl methyl sites for hydroxylation is 1. The van der Waals surface area contributed by atoms with Gasteiger partial charge < -0.3 is 5.11 Å². The third kappa shape index (κ3) is 3.31. The van der Waals surface area contributed by atoms with Gasteiger partial charge in [-0.15, -0.1) is 0 Å². The quantitative estimate of drug-likeness (QED) is 0.869. The number of hydrogen-bond acceptors (Lipinski definition) is 2. The van der Waals surface area contributed by atoms with Crippen molar-refractivity contribution in [3.8, 4) is 0 Å². The third-order valence-corrected chi connectivity index (χ3v) is 2.59. The van der Waals surface area contributed by atoms with Gasteiger partial charge in [0.25, 0.3) is 0 Å². The number of nitrogens with zero attached hydrogens (tertiary/aromatic N) is 1. The van der Waals surface area contributed by atoms with Crippen LogP contribution in [0.15, 0.2) is 42.6 Å². The first-order chi connectivity index (χ1) is 8.63. The molecule has 2 aromatic rings. The van der Waals surface area contributed by atoms with Gasteiger partial charge in [0.05, 0.1) is 0 Å². The number of nitrogens with one attached hydrogen (secondary N) is 1. The lowest BCUT2D eigenvalue weighted by atomic mass is 10.1. The molecule has 0 saturated heterocycles. The van der Waals surface area contributed by atoms with Crippen molar-refractivity contribution >= 4 is 11.8 Å². The van der Waals surface area contributed by atoms with Crippen molar-refractivity contribution in [1.29, 1.82) is 0 Å². The predicted octanol–water partition coefficient (Wildman–Crippen LogP) is 3.07. The number of carboxylic acid groups (broad SMARTS) is 1. The minimum absolute atomic E-state index is 0.577. The van der Waals surface area contributed by atoms with Crippen LogP contribution in [0.3, 0.4) is 0 Å². The second-order valence-corrected chi connectivity index (χ2v) is 4.11. The molecule has 1 amide bonds. The second-order valence-electron chi connectivity index (χ2n) is 4.11. The molecule has 0 atom stereocenters. The molecule has 4 heteroatoms. The summed E-state index contributed by atoms with van der Waals surface area (Å²) in [6.07, 6.45) is 1.60. The predicted molar refractivity (Wildman–Crippen MR) is 69.9 cm³/mol. The molecule has 2 N–H and O–H groups in total. The summed E-state index contributed by atoms with van der Waals surface area (Å²) in [4.78, 5) is 14.7. The molecule has 18 heavy (non-hydrogen) atoms. The van der Waals surface area contributed by atoms with E-state index in [1.54, 1.807) is 12.1 Å². The minimum atomic E-state index is -1.05. The van der Waals surface area contributed by atoms with E-state index in [0.717, 1.165) is 23.2 Å². The summed E-state index contributed by atoms with van der Waals surface area (Å²) in [6, 6.07) is 11.4. The molecule has 1 aromatic carbocycles. The molecule has 0 aliphatic heterocycles. The van der Waals surface area contributed by atoms with Crippen molar-refractivity contribution in [2.75, 3.05) is 5.32 Å². The molecule has 0 unspecified atom stereocenters. The molecule has 0 aliphatic carbocycles. The van der Waals surface area contributed by atoms with Gasteiger partial charge in [-0.2, -0.15) is 0 Å². The summed E-state index contributed by atoms with van der Waals surface area (Å²) < 4.78 is 0. The number of rotatable bonds is 3. The Bertz CT molecular complexity index is 533. The first-order valence-electron chi connectivity index (χ1n) is 5.64. The van der Waals surface area contributed by atoms with Crippen molar-refractivity contribution < 1.29 is 9.90 Å². The van der Waals surface area contributed by atoms with E-state index >= 15 is 0 Å². The summed E-state index contributed by atoms with van der Waals surface area (Å²) in [5.74, 6) is 0. The smallest absolute Gasteiger partial charge is 0.409 e. The van der Waals surface area contributed by atoms with Crippen LogP contribution in [0.2, 0.25) is 0 Å². The fraction of sp³-hybridized carbons (Fsp3) is 0.143. The largest absolute Gasteiger partial charge is 0.465 e. The van der Waals surface area contributed by atoms with Gasteiger partial charge >= 0.3 is 6.09 Å². The van der Waals surface area contributed by atoms with E-state index < -0.39 is 6.09 Å². The SMILES string of the molecule is Cc1ccc(Cc2ccc(NC(=O)O)cc2)cn1. The van der Waals surface area contributed by atoms with Crippen molar-refractivity contribution in [3.05, 3.63) is 59.4 Å². The van der Waals surface area contributed by atoms with Crippen molar-refractivity contribution in [1.82, 2.24) is 4.98 Å². The highest BCUT2D eigenvalue weighted by Gasteiger charge is 2.00. The highest BCUT2D eigenvalue weighted by Crippen LogP contribution is 2.13. The van der Waals surface area contributed by atoms with Crippen LogP contribution < -0.4 is 5.32 Å². The zero-order valence-electron chi connectivity index (χ0n) is 10.1. The lowest BCUT2D eigenvalue weighted by molar-refractivity contribution is 0.210. The standard InChI is InChI=1S/C14H14N2O2/c1-10-2-3-12(9-15-10)8-11-4-6-13(7-5-11)16-14(17)18/h2-7,9,16H,8H2,1H3,(H,17,18). The summed E-state index contributed by atoms with van der Waals surface area (Å²) in [7, 11) is 0. The fourth-order valence-electron chi connectivity index (χ4n) is 1.67. The Labute approximate surface area is 105 Å². The van der Waals surface area contributed by atoms with E-state index in [2.05, 4.69) is 10.3 Å². The van der Waals surface area contributed by atoms with Crippen LogP contribution in [0, 0.1) is 6.92 Å². The monoisotopic (exact) mass is 242 g/mol. The topological polar surface area (TPSA) is 62.2 Å². The molecule has 0 aliphatic rings. The molecular weight excluding hydrogens is 228 g/mol. The molecule has 0 saturated carbocycles. The Hall–Kier alpha value is -2.36. The molecule has 0 fully saturated rings. The van der Waals surface area contributed by atoms with Gasteiger partial charge in [-0.25, -0.2) is 4.79 Å².